The maximum Gasteiger partial charge on any atom is 0.417 e. The molecule has 7 heteroatoms. The van der Waals surface area contributed by atoms with Gasteiger partial charge >= 0.3 is 12.1 Å². The van der Waals surface area contributed by atoms with Gasteiger partial charge in [-0.1, -0.05) is 18.2 Å². The van der Waals surface area contributed by atoms with E-state index in [0.717, 1.165) is 12.5 Å². The summed E-state index contributed by atoms with van der Waals surface area (Å²) in [7, 11) is 0. The van der Waals surface area contributed by atoms with Gasteiger partial charge in [0.05, 0.1) is 12.2 Å². The van der Waals surface area contributed by atoms with Crippen molar-refractivity contribution in [2.24, 2.45) is 0 Å². The summed E-state index contributed by atoms with van der Waals surface area (Å²) >= 11 is 0. The Morgan fingerprint density at radius 1 is 1.35 bits per heavy atom. The topological polar surface area (TPSA) is 52.3 Å². The number of carbonyl (C=O) groups excluding carboxylic acids is 1. The van der Waals surface area contributed by atoms with Gasteiger partial charge in [0.1, 0.15) is 0 Å². The second-order valence-electron chi connectivity index (χ2n) is 3.79. The normalized spacial score (nSPS) is 11.4. The molecule has 0 aliphatic heterocycles. The highest BCUT2D eigenvalue weighted by Crippen LogP contribution is 2.37. The molecule has 0 saturated carbocycles. The highest BCUT2D eigenvalue weighted by atomic mass is 19.4. The van der Waals surface area contributed by atoms with Gasteiger partial charge in [-0.25, -0.2) is 9.78 Å². The zero-order valence-corrected chi connectivity index (χ0v) is 10.4. The van der Waals surface area contributed by atoms with E-state index in [0.29, 0.717) is 0 Å². The van der Waals surface area contributed by atoms with Crippen LogP contribution in [-0.2, 0) is 10.9 Å². The standard InChI is InChI=1S/C13H10F3NO3/c1-2-19-12(18)10-11(20-7-17-10)8-5-3-4-6-9(8)13(14,15)16/h3-7H,2H2,1H3. The summed E-state index contributed by atoms with van der Waals surface area (Å²) in [6, 6.07) is 4.80. The van der Waals surface area contributed by atoms with Gasteiger partial charge in [0.25, 0.3) is 0 Å². The van der Waals surface area contributed by atoms with Crippen LogP contribution in [0.25, 0.3) is 11.3 Å². The van der Waals surface area contributed by atoms with Gasteiger partial charge in [-0.15, -0.1) is 0 Å². The Balaban J connectivity index is 2.54. The Morgan fingerprint density at radius 2 is 2.05 bits per heavy atom. The SMILES string of the molecule is CCOC(=O)c1ncoc1-c1ccccc1C(F)(F)F. The van der Waals surface area contributed by atoms with Gasteiger partial charge < -0.3 is 9.15 Å². The summed E-state index contributed by atoms with van der Waals surface area (Å²) in [6.07, 6.45) is -3.65. The van der Waals surface area contributed by atoms with Crippen molar-refractivity contribution in [3.8, 4) is 11.3 Å². The molecule has 1 aromatic carbocycles. The van der Waals surface area contributed by atoms with E-state index in [2.05, 4.69) is 4.98 Å². The number of oxazole rings is 1. The molecular formula is C13H10F3NO3. The van der Waals surface area contributed by atoms with E-state index in [9.17, 15) is 18.0 Å². The Hall–Kier alpha value is -2.31. The number of hydrogen-bond acceptors (Lipinski definition) is 4. The number of aromatic nitrogens is 1. The zero-order valence-electron chi connectivity index (χ0n) is 10.4. The molecule has 0 aliphatic carbocycles. The minimum absolute atomic E-state index is 0.0893. The molecule has 20 heavy (non-hydrogen) atoms. The molecule has 0 aliphatic rings. The smallest absolute Gasteiger partial charge is 0.417 e. The minimum Gasteiger partial charge on any atom is -0.461 e. The van der Waals surface area contributed by atoms with Crippen molar-refractivity contribution in [2.75, 3.05) is 6.61 Å². The summed E-state index contributed by atoms with van der Waals surface area (Å²) in [6.45, 7) is 1.67. The highest BCUT2D eigenvalue weighted by molar-refractivity contribution is 5.94. The molecule has 106 valence electrons. The average molecular weight is 285 g/mol. The van der Waals surface area contributed by atoms with Crippen LogP contribution in [-0.4, -0.2) is 17.6 Å². The summed E-state index contributed by atoms with van der Waals surface area (Å²) in [4.78, 5) is 15.3. The van der Waals surface area contributed by atoms with Crippen molar-refractivity contribution in [2.45, 2.75) is 13.1 Å². The third-order valence-electron chi connectivity index (χ3n) is 2.51. The van der Waals surface area contributed by atoms with Gasteiger partial charge in [0.15, 0.2) is 17.8 Å². The molecule has 0 unspecified atom stereocenters. The highest BCUT2D eigenvalue weighted by Gasteiger charge is 2.35. The molecular weight excluding hydrogens is 275 g/mol. The first kappa shape index (κ1) is 14.1. The first-order chi connectivity index (χ1) is 9.45. The van der Waals surface area contributed by atoms with E-state index in [1.165, 1.54) is 18.2 Å². The fourth-order valence-corrected chi connectivity index (χ4v) is 1.71. The first-order valence-corrected chi connectivity index (χ1v) is 5.72. The molecule has 1 heterocycles. The van der Waals surface area contributed by atoms with Crippen molar-refractivity contribution in [3.63, 3.8) is 0 Å². The lowest BCUT2D eigenvalue weighted by Crippen LogP contribution is -2.10. The van der Waals surface area contributed by atoms with Gasteiger partial charge in [-0.2, -0.15) is 13.2 Å². The molecule has 2 rings (SSSR count). The van der Waals surface area contributed by atoms with Crippen LogP contribution >= 0.6 is 0 Å². The number of rotatable bonds is 3. The Labute approximate surface area is 112 Å². The van der Waals surface area contributed by atoms with Crippen molar-refractivity contribution >= 4 is 5.97 Å². The maximum absolute atomic E-state index is 12.9. The molecule has 2 aromatic rings. The van der Waals surface area contributed by atoms with Crippen LogP contribution < -0.4 is 0 Å². The van der Waals surface area contributed by atoms with E-state index in [1.807, 2.05) is 0 Å². The monoisotopic (exact) mass is 285 g/mol. The van der Waals surface area contributed by atoms with Crippen molar-refractivity contribution in [1.82, 2.24) is 4.98 Å². The van der Waals surface area contributed by atoms with Crippen LogP contribution in [0.1, 0.15) is 23.0 Å². The second-order valence-corrected chi connectivity index (χ2v) is 3.79. The molecule has 0 radical (unpaired) electrons. The molecule has 0 amide bonds. The molecule has 0 fully saturated rings. The molecule has 0 N–H and O–H groups in total. The van der Waals surface area contributed by atoms with Crippen LogP contribution in [0, 0.1) is 0 Å². The Morgan fingerprint density at radius 3 is 2.70 bits per heavy atom. The number of ether oxygens (including phenoxy) is 1. The molecule has 0 saturated heterocycles. The third-order valence-corrected chi connectivity index (χ3v) is 2.51. The Bertz CT molecular complexity index is 619. The lowest BCUT2D eigenvalue weighted by Gasteiger charge is -2.11. The van der Waals surface area contributed by atoms with Gasteiger partial charge in [-0.3, -0.25) is 0 Å². The largest absolute Gasteiger partial charge is 0.461 e. The van der Waals surface area contributed by atoms with Crippen LogP contribution in [0.3, 0.4) is 0 Å². The third kappa shape index (κ3) is 2.66. The zero-order chi connectivity index (χ0) is 14.8. The van der Waals surface area contributed by atoms with E-state index >= 15 is 0 Å². The van der Waals surface area contributed by atoms with Crippen molar-refractivity contribution in [1.29, 1.82) is 0 Å². The van der Waals surface area contributed by atoms with E-state index in [1.54, 1.807) is 6.92 Å². The second kappa shape index (κ2) is 5.36. The van der Waals surface area contributed by atoms with Crippen LogP contribution in [0.15, 0.2) is 35.1 Å². The quantitative estimate of drug-likeness (QED) is 0.809. The molecule has 4 nitrogen and oxygen atoms in total. The number of nitrogens with zero attached hydrogens (tertiary/aromatic N) is 1. The Kier molecular flexibility index (Phi) is 3.78. The number of alkyl halides is 3. The predicted octanol–water partition coefficient (Wildman–Crippen LogP) is 3.54. The molecule has 1 aromatic heterocycles. The fraction of sp³-hybridized carbons (Fsp3) is 0.231. The average Bonchev–Trinajstić information content (AvgIpc) is 2.87. The minimum atomic E-state index is -4.56. The van der Waals surface area contributed by atoms with Gasteiger partial charge in [0, 0.05) is 5.56 Å². The summed E-state index contributed by atoms with van der Waals surface area (Å²) < 4.78 is 48.5. The number of benzene rings is 1. The van der Waals surface area contributed by atoms with Crippen LogP contribution in [0.4, 0.5) is 13.2 Å². The van der Waals surface area contributed by atoms with E-state index < -0.39 is 17.7 Å². The number of hydrogen-bond donors (Lipinski definition) is 0. The number of halogens is 3. The molecule has 0 spiro atoms. The lowest BCUT2D eigenvalue weighted by atomic mass is 10.0. The van der Waals surface area contributed by atoms with Crippen molar-refractivity contribution < 1.29 is 27.1 Å². The summed E-state index contributed by atoms with van der Waals surface area (Å²) in [5.74, 6) is -1.08. The van der Waals surface area contributed by atoms with E-state index in [-0.39, 0.29) is 23.6 Å². The lowest BCUT2D eigenvalue weighted by molar-refractivity contribution is -0.137. The van der Waals surface area contributed by atoms with Gasteiger partial charge in [0.2, 0.25) is 0 Å². The molecule has 0 bridgehead atoms. The summed E-state index contributed by atoms with van der Waals surface area (Å²) in [5, 5.41) is 0. The van der Waals surface area contributed by atoms with E-state index in [4.69, 9.17) is 9.15 Å². The number of carbonyl (C=O) groups is 1. The fourth-order valence-electron chi connectivity index (χ4n) is 1.71. The van der Waals surface area contributed by atoms with Gasteiger partial charge in [-0.05, 0) is 13.0 Å². The maximum atomic E-state index is 12.9. The predicted molar refractivity (Wildman–Crippen MR) is 62.9 cm³/mol. The van der Waals surface area contributed by atoms with Crippen LogP contribution in [0.5, 0.6) is 0 Å². The molecule has 0 atom stereocenters. The van der Waals surface area contributed by atoms with Crippen LogP contribution in [0.2, 0.25) is 0 Å². The summed E-state index contributed by atoms with van der Waals surface area (Å²) in [5.41, 5.74) is -1.42. The first-order valence-electron chi connectivity index (χ1n) is 5.72. The van der Waals surface area contributed by atoms with Crippen molar-refractivity contribution in [3.05, 3.63) is 41.9 Å². The number of esters is 1.